The number of nitrogens with one attached hydrogen (secondary N) is 1. The summed E-state index contributed by atoms with van der Waals surface area (Å²) in [5, 5.41) is 3.07. The van der Waals surface area contributed by atoms with Gasteiger partial charge in [-0.25, -0.2) is 0 Å². The van der Waals surface area contributed by atoms with Gasteiger partial charge in [-0.1, -0.05) is 37.3 Å². The van der Waals surface area contributed by atoms with Gasteiger partial charge in [-0.3, -0.25) is 4.79 Å². The van der Waals surface area contributed by atoms with Crippen molar-refractivity contribution in [3.05, 3.63) is 70.8 Å². The fraction of sp³-hybridized carbons (Fsp3) is 0.286. The van der Waals surface area contributed by atoms with E-state index in [1.165, 1.54) is 11.1 Å². The van der Waals surface area contributed by atoms with Gasteiger partial charge in [0.1, 0.15) is 5.75 Å². The molecule has 3 nitrogen and oxygen atoms in total. The zero-order chi connectivity index (χ0) is 17.5. The number of hydrogen-bond donors (Lipinski definition) is 1. The van der Waals surface area contributed by atoms with Gasteiger partial charge < -0.3 is 10.1 Å². The van der Waals surface area contributed by atoms with Crippen LogP contribution >= 0.6 is 0 Å². The van der Waals surface area contributed by atoms with E-state index in [4.69, 9.17) is 4.74 Å². The molecule has 0 radical (unpaired) electrons. The molecule has 0 fully saturated rings. The summed E-state index contributed by atoms with van der Waals surface area (Å²) in [7, 11) is 1.63. The molecular weight excluding hydrogens is 298 g/mol. The Morgan fingerprint density at radius 3 is 2.42 bits per heavy atom. The average molecular weight is 323 g/mol. The summed E-state index contributed by atoms with van der Waals surface area (Å²) in [6, 6.07) is 14.0. The molecule has 126 valence electrons. The van der Waals surface area contributed by atoms with E-state index in [2.05, 4.69) is 44.3 Å². The average Bonchev–Trinajstić information content (AvgIpc) is 2.60. The van der Waals surface area contributed by atoms with Crippen LogP contribution in [0.3, 0.4) is 0 Å². The molecule has 0 aliphatic rings. The number of hydrogen-bond acceptors (Lipinski definition) is 2. The summed E-state index contributed by atoms with van der Waals surface area (Å²) < 4.78 is 5.13. The van der Waals surface area contributed by atoms with Crippen molar-refractivity contribution >= 4 is 12.0 Å². The maximum Gasteiger partial charge on any atom is 0.244 e. The zero-order valence-corrected chi connectivity index (χ0v) is 14.8. The molecule has 1 atom stereocenters. The highest BCUT2D eigenvalue weighted by atomic mass is 16.5. The first kappa shape index (κ1) is 17.8. The van der Waals surface area contributed by atoms with Gasteiger partial charge in [-0.05, 0) is 60.7 Å². The maximum atomic E-state index is 12.2. The van der Waals surface area contributed by atoms with Crippen molar-refractivity contribution in [1.29, 1.82) is 0 Å². The molecule has 3 heteroatoms. The standard InChI is InChI=1S/C21H25NO2/c1-5-20(18-10-6-15(2)16(3)14-18)22-21(23)13-9-17-7-11-19(24-4)12-8-17/h6-14,20H,5H2,1-4H3,(H,22,23)/b13-9+. The van der Waals surface area contributed by atoms with Crippen LogP contribution in [-0.4, -0.2) is 13.0 Å². The lowest BCUT2D eigenvalue weighted by atomic mass is 9.99. The quantitative estimate of drug-likeness (QED) is 0.789. The van der Waals surface area contributed by atoms with Crippen LogP contribution in [0.2, 0.25) is 0 Å². The number of benzene rings is 2. The highest BCUT2D eigenvalue weighted by Gasteiger charge is 2.11. The molecular formula is C21H25NO2. The third kappa shape index (κ3) is 4.72. The van der Waals surface area contributed by atoms with Gasteiger partial charge >= 0.3 is 0 Å². The van der Waals surface area contributed by atoms with Crippen LogP contribution in [0.5, 0.6) is 5.75 Å². The van der Waals surface area contributed by atoms with E-state index in [0.717, 1.165) is 23.3 Å². The van der Waals surface area contributed by atoms with Crippen molar-refractivity contribution < 1.29 is 9.53 Å². The minimum atomic E-state index is -0.0871. The third-order valence-corrected chi connectivity index (χ3v) is 4.20. The number of methoxy groups -OCH3 is 1. The van der Waals surface area contributed by atoms with E-state index in [-0.39, 0.29) is 11.9 Å². The number of aryl methyl sites for hydroxylation is 2. The molecule has 1 N–H and O–H groups in total. The largest absolute Gasteiger partial charge is 0.497 e. The normalized spacial score (nSPS) is 12.2. The lowest BCUT2D eigenvalue weighted by Crippen LogP contribution is -2.26. The Labute approximate surface area is 144 Å². The Kier molecular flexibility index (Phi) is 6.19. The van der Waals surface area contributed by atoms with Gasteiger partial charge in [-0.15, -0.1) is 0 Å². The predicted molar refractivity (Wildman–Crippen MR) is 99.1 cm³/mol. The molecule has 1 amide bonds. The van der Waals surface area contributed by atoms with Crippen LogP contribution in [0.4, 0.5) is 0 Å². The maximum absolute atomic E-state index is 12.2. The SMILES string of the molecule is CCC(NC(=O)/C=C/c1ccc(OC)cc1)c1ccc(C)c(C)c1. The zero-order valence-electron chi connectivity index (χ0n) is 14.8. The molecule has 2 rings (SSSR count). The topological polar surface area (TPSA) is 38.3 Å². The fourth-order valence-corrected chi connectivity index (χ4v) is 2.51. The highest BCUT2D eigenvalue weighted by molar-refractivity contribution is 5.92. The highest BCUT2D eigenvalue weighted by Crippen LogP contribution is 2.20. The molecule has 0 heterocycles. The number of carbonyl (C=O) groups is 1. The van der Waals surface area contributed by atoms with Gasteiger partial charge in [0.05, 0.1) is 13.2 Å². The lowest BCUT2D eigenvalue weighted by Gasteiger charge is -2.17. The van der Waals surface area contributed by atoms with Crippen molar-refractivity contribution in [2.24, 2.45) is 0 Å². The first-order chi connectivity index (χ1) is 11.5. The predicted octanol–water partition coefficient (Wildman–Crippen LogP) is 4.59. The second kappa shape index (κ2) is 8.34. The van der Waals surface area contributed by atoms with Crippen LogP contribution in [-0.2, 0) is 4.79 Å². The fourth-order valence-electron chi connectivity index (χ4n) is 2.51. The number of amides is 1. The van der Waals surface area contributed by atoms with Crippen LogP contribution in [0, 0.1) is 13.8 Å². The van der Waals surface area contributed by atoms with E-state index in [1.54, 1.807) is 13.2 Å². The lowest BCUT2D eigenvalue weighted by molar-refractivity contribution is -0.117. The Hall–Kier alpha value is -2.55. The van der Waals surface area contributed by atoms with Crippen molar-refractivity contribution in [1.82, 2.24) is 5.32 Å². The first-order valence-corrected chi connectivity index (χ1v) is 8.23. The van der Waals surface area contributed by atoms with Crippen molar-refractivity contribution in [3.63, 3.8) is 0 Å². The summed E-state index contributed by atoms with van der Waals surface area (Å²) in [6.07, 6.45) is 4.23. The molecule has 0 aromatic heterocycles. The van der Waals surface area contributed by atoms with E-state index in [0.29, 0.717) is 0 Å². The summed E-state index contributed by atoms with van der Waals surface area (Å²) in [6.45, 7) is 6.26. The molecule has 0 aliphatic heterocycles. The number of ether oxygens (including phenoxy) is 1. The van der Waals surface area contributed by atoms with Crippen LogP contribution in [0.15, 0.2) is 48.5 Å². The number of carbonyl (C=O) groups excluding carboxylic acids is 1. The minimum absolute atomic E-state index is 0.0253. The van der Waals surface area contributed by atoms with Crippen LogP contribution in [0.25, 0.3) is 6.08 Å². The summed E-state index contributed by atoms with van der Waals surface area (Å²) in [4.78, 5) is 12.2. The van der Waals surface area contributed by atoms with Crippen molar-refractivity contribution in [2.45, 2.75) is 33.2 Å². The molecule has 24 heavy (non-hydrogen) atoms. The monoisotopic (exact) mass is 323 g/mol. The molecule has 2 aromatic carbocycles. The number of rotatable bonds is 6. The van der Waals surface area contributed by atoms with Crippen molar-refractivity contribution in [3.8, 4) is 5.75 Å². The third-order valence-electron chi connectivity index (χ3n) is 4.20. The van der Waals surface area contributed by atoms with E-state index in [9.17, 15) is 4.79 Å². The molecule has 0 spiro atoms. The van der Waals surface area contributed by atoms with Crippen molar-refractivity contribution in [2.75, 3.05) is 7.11 Å². The first-order valence-electron chi connectivity index (χ1n) is 8.23. The van der Waals surface area contributed by atoms with E-state index < -0.39 is 0 Å². The Bertz CT molecular complexity index is 717. The molecule has 1 unspecified atom stereocenters. The molecule has 0 bridgehead atoms. The van der Waals surface area contributed by atoms with Crippen LogP contribution in [0.1, 0.15) is 41.6 Å². The summed E-state index contributed by atoms with van der Waals surface area (Å²) >= 11 is 0. The summed E-state index contributed by atoms with van der Waals surface area (Å²) in [5.41, 5.74) is 4.62. The summed E-state index contributed by atoms with van der Waals surface area (Å²) in [5.74, 6) is 0.716. The molecule has 0 saturated heterocycles. The van der Waals surface area contributed by atoms with Gasteiger partial charge in [0.2, 0.25) is 5.91 Å². The second-order valence-electron chi connectivity index (χ2n) is 5.92. The Balaban J connectivity index is 2.02. The van der Waals surface area contributed by atoms with E-state index in [1.807, 2.05) is 30.3 Å². The van der Waals surface area contributed by atoms with Gasteiger partial charge in [0, 0.05) is 6.08 Å². The second-order valence-corrected chi connectivity index (χ2v) is 5.92. The minimum Gasteiger partial charge on any atom is -0.497 e. The van der Waals surface area contributed by atoms with Crippen LogP contribution < -0.4 is 10.1 Å². The Morgan fingerprint density at radius 1 is 1.12 bits per heavy atom. The van der Waals surface area contributed by atoms with Gasteiger partial charge in [0.15, 0.2) is 0 Å². The van der Waals surface area contributed by atoms with Gasteiger partial charge in [0.25, 0.3) is 0 Å². The molecule has 0 saturated carbocycles. The smallest absolute Gasteiger partial charge is 0.244 e. The van der Waals surface area contributed by atoms with Gasteiger partial charge in [-0.2, -0.15) is 0 Å². The Morgan fingerprint density at radius 2 is 1.83 bits per heavy atom. The van der Waals surface area contributed by atoms with E-state index >= 15 is 0 Å². The molecule has 2 aromatic rings. The molecule has 0 aliphatic carbocycles.